The van der Waals surface area contributed by atoms with Crippen molar-refractivity contribution in [2.75, 3.05) is 11.4 Å². The first-order valence-corrected chi connectivity index (χ1v) is 9.16. The fourth-order valence-electron chi connectivity index (χ4n) is 2.94. The highest BCUT2D eigenvalue weighted by atomic mass is 16.1. The fraction of sp³-hybridized carbons (Fsp3) is 0.125. The average Bonchev–Trinajstić information content (AvgIpc) is 2.71. The van der Waals surface area contributed by atoms with Crippen LogP contribution in [0.5, 0.6) is 0 Å². The molecule has 1 N–H and O–H groups in total. The Morgan fingerprint density at radius 1 is 0.815 bits per heavy atom. The van der Waals surface area contributed by atoms with Gasteiger partial charge in [0.25, 0.3) is 0 Å². The lowest BCUT2D eigenvalue weighted by atomic mass is 10.1. The SMILES string of the molecule is CCNC(=O)/C(C)=C\c1ccc(N(c2ccccc2)c2ccccc2)cc1. The number of nitrogens with zero attached hydrogens (tertiary/aromatic N) is 1. The summed E-state index contributed by atoms with van der Waals surface area (Å²) in [6.45, 7) is 4.38. The molecular weight excluding hydrogens is 332 g/mol. The van der Waals surface area contributed by atoms with Gasteiger partial charge < -0.3 is 10.2 Å². The van der Waals surface area contributed by atoms with E-state index >= 15 is 0 Å². The minimum atomic E-state index is -0.0308. The van der Waals surface area contributed by atoms with E-state index in [1.54, 1.807) is 0 Å². The van der Waals surface area contributed by atoms with Crippen molar-refractivity contribution in [1.82, 2.24) is 5.32 Å². The summed E-state index contributed by atoms with van der Waals surface area (Å²) < 4.78 is 0. The first-order valence-electron chi connectivity index (χ1n) is 9.16. The predicted octanol–water partition coefficient (Wildman–Crippen LogP) is 5.70. The zero-order valence-electron chi connectivity index (χ0n) is 15.7. The van der Waals surface area contributed by atoms with E-state index in [0.29, 0.717) is 12.1 Å². The molecular formula is C24H24N2O. The number of hydrogen-bond donors (Lipinski definition) is 1. The molecule has 0 bridgehead atoms. The van der Waals surface area contributed by atoms with E-state index in [1.807, 2.05) is 68.5 Å². The molecule has 3 nitrogen and oxygen atoms in total. The van der Waals surface area contributed by atoms with Gasteiger partial charge in [-0.15, -0.1) is 0 Å². The van der Waals surface area contributed by atoms with Crippen LogP contribution < -0.4 is 10.2 Å². The Balaban J connectivity index is 1.93. The fourth-order valence-corrected chi connectivity index (χ4v) is 2.94. The maximum atomic E-state index is 11.9. The number of para-hydroxylation sites is 2. The van der Waals surface area contributed by atoms with Crippen molar-refractivity contribution >= 4 is 29.0 Å². The highest BCUT2D eigenvalue weighted by Gasteiger charge is 2.11. The summed E-state index contributed by atoms with van der Waals surface area (Å²) >= 11 is 0. The molecule has 0 saturated heterocycles. The quantitative estimate of drug-likeness (QED) is 0.575. The normalized spacial score (nSPS) is 11.1. The van der Waals surface area contributed by atoms with Crippen LogP contribution in [0.4, 0.5) is 17.1 Å². The van der Waals surface area contributed by atoms with Gasteiger partial charge in [0, 0.05) is 29.2 Å². The van der Waals surface area contributed by atoms with Crippen LogP contribution in [-0.4, -0.2) is 12.5 Å². The topological polar surface area (TPSA) is 32.3 Å². The maximum Gasteiger partial charge on any atom is 0.246 e. The van der Waals surface area contributed by atoms with E-state index in [9.17, 15) is 4.79 Å². The van der Waals surface area contributed by atoms with Crippen molar-refractivity contribution < 1.29 is 4.79 Å². The molecule has 0 atom stereocenters. The number of likely N-dealkylation sites (N-methyl/N-ethyl adjacent to an activating group) is 1. The van der Waals surface area contributed by atoms with Crippen LogP contribution in [0.2, 0.25) is 0 Å². The minimum Gasteiger partial charge on any atom is -0.353 e. The molecule has 0 fully saturated rings. The van der Waals surface area contributed by atoms with E-state index in [1.165, 1.54) is 0 Å². The molecule has 0 unspecified atom stereocenters. The number of carbonyl (C=O) groups is 1. The van der Waals surface area contributed by atoms with Crippen LogP contribution in [0.15, 0.2) is 90.5 Å². The molecule has 0 aromatic heterocycles. The summed E-state index contributed by atoms with van der Waals surface area (Å²) in [5.41, 5.74) is 4.98. The van der Waals surface area contributed by atoms with E-state index in [4.69, 9.17) is 0 Å². The highest BCUT2D eigenvalue weighted by Crippen LogP contribution is 2.34. The van der Waals surface area contributed by atoms with Gasteiger partial charge in [-0.3, -0.25) is 4.79 Å². The Morgan fingerprint density at radius 2 is 1.30 bits per heavy atom. The third-order valence-corrected chi connectivity index (χ3v) is 4.26. The Bertz CT molecular complexity index is 861. The number of rotatable bonds is 6. The number of benzene rings is 3. The third-order valence-electron chi connectivity index (χ3n) is 4.26. The summed E-state index contributed by atoms with van der Waals surface area (Å²) in [6, 6.07) is 28.8. The second-order valence-electron chi connectivity index (χ2n) is 6.28. The number of amides is 1. The van der Waals surface area contributed by atoms with Crippen molar-refractivity contribution in [3.63, 3.8) is 0 Å². The first kappa shape index (κ1) is 18.5. The predicted molar refractivity (Wildman–Crippen MR) is 113 cm³/mol. The zero-order chi connectivity index (χ0) is 19.1. The molecule has 0 spiro atoms. The summed E-state index contributed by atoms with van der Waals surface area (Å²) in [6.07, 6.45) is 1.91. The first-order chi connectivity index (χ1) is 13.2. The van der Waals surface area contributed by atoms with Gasteiger partial charge >= 0.3 is 0 Å². The Labute approximate surface area is 161 Å². The van der Waals surface area contributed by atoms with Gasteiger partial charge in [-0.05, 0) is 61.9 Å². The van der Waals surface area contributed by atoms with Gasteiger partial charge in [0.15, 0.2) is 0 Å². The number of nitrogens with one attached hydrogen (secondary N) is 1. The lowest BCUT2D eigenvalue weighted by Gasteiger charge is -2.25. The summed E-state index contributed by atoms with van der Waals surface area (Å²) in [4.78, 5) is 14.1. The van der Waals surface area contributed by atoms with Gasteiger partial charge in [0.05, 0.1) is 0 Å². The summed E-state index contributed by atoms with van der Waals surface area (Å²) in [5, 5.41) is 2.82. The second-order valence-corrected chi connectivity index (χ2v) is 6.28. The molecule has 3 aromatic carbocycles. The molecule has 0 aliphatic carbocycles. The van der Waals surface area contributed by atoms with Crippen molar-refractivity contribution in [3.8, 4) is 0 Å². The van der Waals surface area contributed by atoms with Crippen molar-refractivity contribution in [2.45, 2.75) is 13.8 Å². The smallest absolute Gasteiger partial charge is 0.246 e. The molecule has 27 heavy (non-hydrogen) atoms. The maximum absolute atomic E-state index is 11.9. The second kappa shape index (κ2) is 8.86. The van der Waals surface area contributed by atoms with Crippen LogP contribution in [0.1, 0.15) is 19.4 Å². The molecule has 0 heterocycles. The zero-order valence-corrected chi connectivity index (χ0v) is 15.7. The summed E-state index contributed by atoms with van der Waals surface area (Å²) in [7, 11) is 0. The molecule has 1 amide bonds. The number of carbonyl (C=O) groups excluding carboxylic acids is 1. The van der Waals surface area contributed by atoms with E-state index in [-0.39, 0.29) is 5.91 Å². The molecule has 0 saturated carbocycles. The molecule has 0 aliphatic rings. The van der Waals surface area contributed by atoms with Gasteiger partial charge in [-0.25, -0.2) is 0 Å². The summed E-state index contributed by atoms with van der Waals surface area (Å²) in [5.74, 6) is -0.0308. The van der Waals surface area contributed by atoms with E-state index in [2.05, 4.69) is 46.6 Å². The van der Waals surface area contributed by atoms with Gasteiger partial charge in [0.1, 0.15) is 0 Å². The van der Waals surface area contributed by atoms with E-state index < -0.39 is 0 Å². The molecule has 3 heteroatoms. The largest absolute Gasteiger partial charge is 0.353 e. The van der Waals surface area contributed by atoms with Crippen molar-refractivity contribution in [3.05, 3.63) is 96.1 Å². The number of hydrogen-bond acceptors (Lipinski definition) is 2. The van der Waals surface area contributed by atoms with Crippen LogP contribution >= 0.6 is 0 Å². The lowest BCUT2D eigenvalue weighted by molar-refractivity contribution is -0.117. The molecule has 3 rings (SSSR count). The third kappa shape index (κ3) is 4.64. The molecule has 136 valence electrons. The van der Waals surface area contributed by atoms with Gasteiger partial charge in [-0.2, -0.15) is 0 Å². The Hall–Kier alpha value is -3.33. The van der Waals surface area contributed by atoms with Crippen LogP contribution in [0, 0.1) is 0 Å². The number of anilines is 3. The lowest BCUT2D eigenvalue weighted by Crippen LogP contribution is -2.23. The monoisotopic (exact) mass is 356 g/mol. The van der Waals surface area contributed by atoms with Crippen LogP contribution in [0.25, 0.3) is 6.08 Å². The molecule has 0 aliphatic heterocycles. The Morgan fingerprint density at radius 3 is 1.78 bits per heavy atom. The van der Waals surface area contributed by atoms with Gasteiger partial charge in [0.2, 0.25) is 5.91 Å². The highest BCUT2D eigenvalue weighted by molar-refractivity contribution is 5.97. The van der Waals surface area contributed by atoms with Crippen molar-refractivity contribution in [1.29, 1.82) is 0 Å². The van der Waals surface area contributed by atoms with Gasteiger partial charge in [-0.1, -0.05) is 48.5 Å². The van der Waals surface area contributed by atoms with E-state index in [0.717, 1.165) is 22.6 Å². The molecule has 0 radical (unpaired) electrons. The Kier molecular flexibility index (Phi) is 6.06. The van der Waals surface area contributed by atoms with Crippen molar-refractivity contribution in [2.24, 2.45) is 0 Å². The van der Waals surface area contributed by atoms with Crippen LogP contribution in [-0.2, 0) is 4.79 Å². The minimum absolute atomic E-state index is 0.0308. The standard InChI is InChI=1S/C24H24N2O/c1-3-25-24(27)19(2)18-20-14-16-23(17-15-20)26(21-10-6-4-7-11-21)22-12-8-5-9-13-22/h4-18H,3H2,1-2H3,(H,25,27)/b19-18-. The molecule has 3 aromatic rings. The average molecular weight is 356 g/mol. The van der Waals surface area contributed by atoms with Crippen LogP contribution in [0.3, 0.4) is 0 Å².